The average molecular weight is 416 g/mol. The zero-order valence-corrected chi connectivity index (χ0v) is 17.0. The van der Waals surface area contributed by atoms with E-state index in [0.717, 1.165) is 4.90 Å². The quantitative estimate of drug-likeness (QED) is 0.718. The van der Waals surface area contributed by atoms with Gasteiger partial charge in [-0.3, -0.25) is 9.59 Å². The molecule has 8 nitrogen and oxygen atoms in total. The molecule has 1 saturated carbocycles. The first-order valence-corrected chi connectivity index (χ1v) is 10.2. The number of hydrogen-bond donors (Lipinski definition) is 1. The number of rotatable bonds is 5. The molecule has 0 aromatic carbocycles. The van der Waals surface area contributed by atoms with Crippen LogP contribution in [-0.2, 0) is 14.3 Å². The first-order valence-electron chi connectivity index (χ1n) is 10.2. The van der Waals surface area contributed by atoms with Crippen LogP contribution in [-0.4, -0.2) is 91.0 Å². The minimum atomic E-state index is -2.90. The molecule has 0 bridgehead atoms. The van der Waals surface area contributed by atoms with Gasteiger partial charge in [0, 0.05) is 33.1 Å². The highest BCUT2D eigenvalue weighted by Crippen LogP contribution is 2.36. The van der Waals surface area contributed by atoms with Gasteiger partial charge in [-0.15, -0.1) is 0 Å². The predicted octanol–water partition coefficient (Wildman–Crippen LogP) is 0.897. The van der Waals surface area contributed by atoms with E-state index in [2.05, 4.69) is 0 Å². The van der Waals surface area contributed by atoms with Gasteiger partial charge in [0.05, 0.1) is 25.0 Å². The fraction of sp³-hybridized carbons (Fsp3) is 0.842. The number of likely N-dealkylation sites (tertiary alicyclic amines) is 1. The normalized spacial score (nSPS) is 28.8. The molecular weight excluding hydrogens is 386 g/mol. The van der Waals surface area contributed by atoms with Crippen molar-refractivity contribution in [3.63, 3.8) is 0 Å². The summed E-state index contributed by atoms with van der Waals surface area (Å²) in [7, 11) is 3.20. The van der Waals surface area contributed by atoms with E-state index in [-0.39, 0.29) is 36.9 Å². The van der Waals surface area contributed by atoms with E-state index in [1.807, 2.05) is 0 Å². The Labute approximate surface area is 169 Å². The standard InChI is InChI=1S/C19H30F2N4O4/c1-23(2)16(26)14(15(22)17(27)24-8-7-19(20,21)11-24)12-3-5-13(6-4-12)25-9-10-29-18(25)28/h12-15H,3-11,22H2,1-2H3/t12?,13?,14-,15?/m0/s1. The lowest BCUT2D eigenvalue weighted by Gasteiger charge is -2.39. The van der Waals surface area contributed by atoms with Crippen molar-refractivity contribution in [1.29, 1.82) is 0 Å². The monoisotopic (exact) mass is 416 g/mol. The molecule has 2 N–H and O–H groups in total. The molecule has 2 aliphatic heterocycles. The second kappa shape index (κ2) is 8.41. The van der Waals surface area contributed by atoms with Crippen molar-refractivity contribution in [3.8, 4) is 0 Å². The summed E-state index contributed by atoms with van der Waals surface area (Å²) in [6.45, 7) is 0.258. The summed E-state index contributed by atoms with van der Waals surface area (Å²) in [5.41, 5.74) is 6.21. The second-order valence-corrected chi connectivity index (χ2v) is 8.53. The lowest BCUT2D eigenvalue weighted by Crippen LogP contribution is -2.54. The molecule has 3 rings (SSSR count). The van der Waals surface area contributed by atoms with Crippen molar-refractivity contribution < 1.29 is 27.9 Å². The number of ether oxygens (including phenoxy) is 1. The number of nitrogens with zero attached hydrogens (tertiary/aromatic N) is 3. The van der Waals surface area contributed by atoms with Crippen LogP contribution in [0.2, 0.25) is 0 Å². The Morgan fingerprint density at radius 1 is 1.21 bits per heavy atom. The molecule has 29 heavy (non-hydrogen) atoms. The number of cyclic esters (lactones) is 1. The van der Waals surface area contributed by atoms with Crippen molar-refractivity contribution in [3.05, 3.63) is 0 Å². The molecule has 0 spiro atoms. The molecule has 2 atom stereocenters. The van der Waals surface area contributed by atoms with E-state index in [1.54, 1.807) is 19.0 Å². The van der Waals surface area contributed by atoms with Gasteiger partial charge in [0.2, 0.25) is 11.8 Å². The molecule has 3 fully saturated rings. The largest absolute Gasteiger partial charge is 0.448 e. The maximum absolute atomic E-state index is 13.5. The number of alkyl halides is 2. The van der Waals surface area contributed by atoms with E-state index in [9.17, 15) is 23.2 Å². The van der Waals surface area contributed by atoms with Crippen LogP contribution < -0.4 is 5.73 Å². The Balaban J connectivity index is 1.68. The van der Waals surface area contributed by atoms with Gasteiger partial charge in [-0.25, -0.2) is 13.6 Å². The Bertz CT molecular complexity index is 652. The Morgan fingerprint density at radius 3 is 2.34 bits per heavy atom. The van der Waals surface area contributed by atoms with E-state index in [0.29, 0.717) is 38.8 Å². The summed E-state index contributed by atoms with van der Waals surface area (Å²) in [6.07, 6.45) is 1.97. The highest BCUT2D eigenvalue weighted by atomic mass is 19.3. The summed E-state index contributed by atoms with van der Waals surface area (Å²) >= 11 is 0. The molecule has 0 aromatic heterocycles. The minimum Gasteiger partial charge on any atom is -0.448 e. The molecule has 1 unspecified atom stereocenters. The number of nitrogens with two attached hydrogens (primary N) is 1. The zero-order chi connectivity index (χ0) is 21.3. The van der Waals surface area contributed by atoms with Crippen molar-refractivity contribution in [2.45, 2.75) is 50.1 Å². The van der Waals surface area contributed by atoms with E-state index < -0.39 is 30.3 Å². The number of carbonyl (C=O) groups excluding carboxylic acids is 3. The fourth-order valence-electron chi connectivity index (χ4n) is 4.74. The first-order chi connectivity index (χ1) is 13.6. The van der Waals surface area contributed by atoms with Gasteiger partial charge in [0.1, 0.15) is 6.61 Å². The van der Waals surface area contributed by atoms with Crippen molar-refractivity contribution in [2.24, 2.45) is 17.6 Å². The molecular formula is C19H30F2N4O4. The van der Waals surface area contributed by atoms with Gasteiger partial charge in [-0.1, -0.05) is 0 Å². The number of carbonyl (C=O) groups is 3. The van der Waals surface area contributed by atoms with Gasteiger partial charge in [0.25, 0.3) is 5.92 Å². The van der Waals surface area contributed by atoms with E-state index >= 15 is 0 Å². The molecule has 3 aliphatic rings. The number of hydrogen-bond acceptors (Lipinski definition) is 5. The maximum Gasteiger partial charge on any atom is 0.410 e. The number of halogens is 2. The van der Waals surface area contributed by atoms with Crippen LogP contribution in [0, 0.1) is 11.8 Å². The lowest BCUT2D eigenvalue weighted by molar-refractivity contribution is -0.144. The van der Waals surface area contributed by atoms with Crippen LogP contribution in [0.25, 0.3) is 0 Å². The van der Waals surface area contributed by atoms with Gasteiger partial charge in [0.15, 0.2) is 0 Å². The smallest absolute Gasteiger partial charge is 0.410 e. The Kier molecular flexibility index (Phi) is 6.30. The van der Waals surface area contributed by atoms with Gasteiger partial charge < -0.3 is 25.2 Å². The molecule has 0 aromatic rings. The van der Waals surface area contributed by atoms with Crippen LogP contribution in [0.3, 0.4) is 0 Å². The molecule has 3 amide bonds. The van der Waals surface area contributed by atoms with Crippen molar-refractivity contribution in [1.82, 2.24) is 14.7 Å². The number of amides is 3. The van der Waals surface area contributed by atoms with Crippen LogP contribution in [0.5, 0.6) is 0 Å². The molecule has 164 valence electrons. The van der Waals surface area contributed by atoms with E-state index in [4.69, 9.17) is 10.5 Å². The van der Waals surface area contributed by atoms with Crippen LogP contribution >= 0.6 is 0 Å². The fourth-order valence-corrected chi connectivity index (χ4v) is 4.74. The maximum atomic E-state index is 13.5. The van der Waals surface area contributed by atoms with Gasteiger partial charge in [-0.2, -0.15) is 0 Å². The summed E-state index contributed by atoms with van der Waals surface area (Å²) in [4.78, 5) is 41.6. The predicted molar refractivity (Wildman–Crippen MR) is 100 cm³/mol. The Morgan fingerprint density at radius 2 is 1.86 bits per heavy atom. The summed E-state index contributed by atoms with van der Waals surface area (Å²) in [5.74, 6) is -4.66. The summed E-state index contributed by atoms with van der Waals surface area (Å²) in [6, 6.07) is -1.10. The SMILES string of the molecule is CN(C)C(=O)[C@@H](C1CCC(N2CCOC2=O)CC1)C(N)C(=O)N1CCC(F)(F)C1. The van der Waals surface area contributed by atoms with Crippen molar-refractivity contribution in [2.75, 3.05) is 40.3 Å². The highest BCUT2D eigenvalue weighted by molar-refractivity contribution is 5.90. The summed E-state index contributed by atoms with van der Waals surface area (Å²) in [5, 5.41) is 0. The van der Waals surface area contributed by atoms with Gasteiger partial charge in [-0.05, 0) is 31.6 Å². The summed E-state index contributed by atoms with van der Waals surface area (Å²) < 4.78 is 32.1. The molecule has 2 heterocycles. The third-order valence-electron chi connectivity index (χ3n) is 6.36. The van der Waals surface area contributed by atoms with Crippen LogP contribution in [0.15, 0.2) is 0 Å². The zero-order valence-electron chi connectivity index (χ0n) is 17.0. The van der Waals surface area contributed by atoms with E-state index in [1.165, 1.54) is 4.90 Å². The van der Waals surface area contributed by atoms with Crippen molar-refractivity contribution >= 4 is 17.9 Å². The third-order valence-corrected chi connectivity index (χ3v) is 6.36. The van der Waals surface area contributed by atoms with Crippen LogP contribution in [0.4, 0.5) is 13.6 Å². The molecule has 2 saturated heterocycles. The highest BCUT2D eigenvalue weighted by Gasteiger charge is 2.46. The second-order valence-electron chi connectivity index (χ2n) is 8.53. The Hall–Kier alpha value is -1.97. The lowest BCUT2D eigenvalue weighted by atomic mass is 9.74. The molecule has 0 radical (unpaired) electrons. The first kappa shape index (κ1) is 21.7. The van der Waals surface area contributed by atoms with Crippen LogP contribution in [0.1, 0.15) is 32.1 Å². The van der Waals surface area contributed by atoms with Gasteiger partial charge >= 0.3 is 6.09 Å². The topological polar surface area (TPSA) is 96.2 Å². The molecule has 1 aliphatic carbocycles. The average Bonchev–Trinajstić information content (AvgIpc) is 3.26. The third kappa shape index (κ3) is 4.62. The minimum absolute atomic E-state index is 0.0494. The molecule has 10 heteroatoms.